The summed E-state index contributed by atoms with van der Waals surface area (Å²) < 4.78 is 39.1. The molecule has 1 aliphatic heterocycles. The van der Waals surface area contributed by atoms with Gasteiger partial charge >= 0.3 is 0 Å². The zero-order valence-corrected chi connectivity index (χ0v) is 18.7. The van der Waals surface area contributed by atoms with Crippen LogP contribution in [0.3, 0.4) is 0 Å². The van der Waals surface area contributed by atoms with Crippen molar-refractivity contribution in [2.75, 3.05) is 50.6 Å². The van der Waals surface area contributed by atoms with E-state index in [0.29, 0.717) is 12.4 Å². The number of aromatic nitrogens is 2. The van der Waals surface area contributed by atoms with Gasteiger partial charge in [0.25, 0.3) is 0 Å². The van der Waals surface area contributed by atoms with E-state index in [0.717, 1.165) is 37.4 Å². The molecule has 0 bridgehead atoms. The zero-order chi connectivity index (χ0) is 23.2. The molecule has 33 heavy (non-hydrogen) atoms. The second kappa shape index (κ2) is 10.4. The topological polar surface area (TPSA) is 71.5 Å². The van der Waals surface area contributed by atoms with Gasteiger partial charge in [-0.25, -0.2) is 18.7 Å². The maximum absolute atomic E-state index is 14.5. The minimum atomic E-state index is -0.723. The Morgan fingerprint density at radius 3 is 2.12 bits per heavy atom. The minimum absolute atomic E-state index is 0.0537. The Kier molecular flexibility index (Phi) is 7.19. The third-order valence-electron chi connectivity index (χ3n) is 5.64. The molecule has 0 atom stereocenters. The molecule has 1 saturated heterocycles. The normalized spacial score (nSPS) is 13.6. The third kappa shape index (κ3) is 5.31. The molecule has 9 heteroatoms. The van der Waals surface area contributed by atoms with Gasteiger partial charge in [0, 0.05) is 61.6 Å². The van der Waals surface area contributed by atoms with Crippen molar-refractivity contribution in [3.63, 3.8) is 0 Å². The van der Waals surface area contributed by atoms with Gasteiger partial charge in [0.1, 0.15) is 0 Å². The van der Waals surface area contributed by atoms with E-state index in [1.807, 2.05) is 12.1 Å². The number of rotatable bonds is 8. The fourth-order valence-corrected chi connectivity index (χ4v) is 3.78. The molecule has 0 radical (unpaired) electrons. The van der Waals surface area contributed by atoms with Crippen LogP contribution in [0.5, 0.6) is 11.5 Å². The van der Waals surface area contributed by atoms with E-state index in [9.17, 15) is 8.78 Å². The molecule has 0 aliphatic carbocycles. The number of nitrogens with zero attached hydrogens (tertiary/aromatic N) is 3. The summed E-state index contributed by atoms with van der Waals surface area (Å²) in [6, 6.07) is 9.35. The number of anilines is 3. The lowest BCUT2D eigenvalue weighted by Gasteiger charge is -2.29. The number of methoxy groups -OCH3 is 2. The molecular formula is C24H27F2N5O2. The standard InChI is InChI=1S/C24H27F2N5O2/c1-32-20-13-21(33-2)23(26)19(22(20)25)8-3-16-14-28-24(29-15-16)30-17-4-6-18(7-5-17)31-11-9-27-10-12-31/h4-7,13-15,27H,3,8-12H2,1-2H3,(H,28,29,30). The van der Waals surface area contributed by atoms with Crippen molar-refractivity contribution in [2.45, 2.75) is 12.8 Å². The van der Waals surface area contributed by atoms with Gasteiger partial charge < -0.3 is 25.0 Å². The average molecular weight is 456 g/mol. The molecule has 7 nitrogen and oxygen atoms in total. The lowest BCUT2D eigenvalue weighted by atomic mass is 10.0. The van der Waals surface area contributed by atoms with Crippen LogP contribution in [0.4, 0.5) is 26.1 Å². The minimum Gasteiger partial charge on any atom is -0.494 e. The van der Waals surface area contributed by atoms with Gasteiger partial charge in [-0.3, -0.25) is 0 Å². The van der Waals surface area contributed by atoms with Crippen LogP contribution in [0.25, 0.3) is 0 Å². The smallest absolute Gasteiger partial charge is 0.227 e. The van der Waals surface area contributed by atoms with E-state index in [1.165, 1.54) is 26.0 Å². The summed E-state index contributed by atoms with van der Waals surface area (Å²) >= 11 is 0. The second-order valence-corrected chi connectivity index (χ2v) is 7.71. The van der Waals surface area contributed by atoms with Crippen molar-refractivity contribution >= 4 is 17.3 Å². The lowest BCUT2D eigenvalue weighted by Crippen LogP contribution is -2.43. The van der Waals surface area contributed by atoms with Crippen LogP contribution in [0, 0.1) is 11.6 Å². The van der Waals surface area contributed by atoms with Crippen molar-refractivity contribution in [2.24, 2.45) is 0 Å². The highest BCUT2D eigenvalue weighted by atomic mass is 19.1. The first-order valence-corrected chi connectivity index (χ1v) is 10.8. The molecule has 3 aromatic rings. The summed E-state index contributed by atoms with van der Waals surface area (Å²) in [6.07, 6.45) is 3.79. The molecular weight excluding hydrogens is 428 g/mol. The zero-order valence-electron chi connectivity index (χ0n) is 18.7. The van der Waals surface area contributed by atoms with E-state index in [-0.39, 0.29) is 23.5 Å². The van der Waals surface area contributed by atoms with Crippen molar-refractivity contribution in [3.05, 3.63) is 65.5 Å². The van der Waals surface area contributed by atoms with Gasteiger partial charge in [0.2, 0.25) is 5.95 Å². The number of hydrogen-bond donors (Lipinski definition) is 2. The van der Waals surface area contributed by atoms with Crippen LogP contribution in [-0.4, -0.2) is 50.4 Å². The summed E-state index contributed by atoms with van der Waals surface area (Å²) in [7, 11) is 2.66. The maximum Gasteiger partial charge on any atom is 0.227 e. The average Bonchev–Trinajstić information content (AvgIpc) is 2.86. The number of ether oxygens (including phenoxy) is 2. The van der Waals surface area contributed by atoms with E-state index >= 15 is 0 Å². The Hall–Kier alpha value is -3.46. The van der Waals surface area contributed by atoms with Crippen molar-refractivity contribution < 1.29 is 18.3 Å². The van der Waals surface area contributed by atoms with Crippen LogP contribution >= 0.6 is 0 Å². The van der Waals surface area contributed by atoms with Gasteiger partial charge in [-0.05, 0) is 42.7 Å². The van der Waals surface area contributed by atoms with Crippen molar-refractivity contribution in [1.29, 1.82) is 0 Å². The highest BCUT2D eigenvalue weighted by Gasteiger charge is 2.20. The first kappa shape index (κ1) is 22.7. The molecule has 0 unspecified atom stereocenters. The largest absolute Gasteiger partial charge is 0.494 e. The molecule has 0 amide bonds. The summed E-state index contributed by atoms with van der Waals surface area (Å²) in [5.74, 6) is -1.10. The molecule has 0 saturated carbocycles. The molecule has 2 N–H and O–H groups in total. The summed E-state index contributed by atoms with van der Waals surface area (Å²) in [5, 5.41) is 6.53. The Morgan fingerprint density at radius 2 is 1.55 bits per heavy atom. The van der Waals surface area contributed by atoms with Crippen molar-refractivity contribution in [1.82, 2.24) is 15.3 Å². The molecule has 174 valence electrons. The SMILES string of the molecule is COc1cc(OC)c(F)c(CCc2cnc(Nc3ccc(N4CCNCC4)cc3)nc2)c1F. The molecule has 2 aromatic carbocycles. The Balaban J connectivity index is 1.38. The van der Waals surface area contributed by atoms with Crippen LogP contribution in [0.1, 0.15) is 11.1 Å². The fraction of sp³-hybridized carbons (Fsp3) is 0.333. The quantitative estimate of drug-likeness (QED) is 0.537. The molecule has 1 aliphatic rings. The van der Waals surface area contributed by atoms with Crippen LogP contribution in [0.2, 0.25) is 0 Å². The monoisotopic (exact) mass is 455 g/mol. The van der Waals surface area contributed by atoms with E-state index in [2.05, 4.69) is 37.6 Å². The van der Waals surface area contributed by atoms with Gasteiger partial charge in [0.15, 0.2) is 23.1 Å². The summed E-state index contributed by atoms with van der Waals surface area (Å²) in [5.41, 5.74) is 2.74. The highest BCUT2D eigenvalue weighted by Crippen LogP contribution is 2.32. The first-order chi connectivity index (χ1) is 16.1. The predicted octanol–water partition coefficient (Wildman–Crippen LogP) is 3.71. The van der Waals surface area contributed by atoms with E-state index in [4.69, 9.17) is 9.47 Å². The van der Waals surface area contributed by atoms with Crippen molar-refractivity contribution in [3.8, 4) is 11.5 Å². The Bertz CT molecular complexity index is 1040. The third-order valence-corrected chi connectivity index (χ3v) is 5.64. The molecule has 4 rings (SSSR count). The number of aryl methyl sites for hydroxylation is 1. The number of benzene rings is 2. The molecule has 1 fully saturated rings. The summed E-state index contributed by atoms with van der Waals surface area (Å²) in [6.45, 7) is 3.97. The maximum atomic E-state index is 14.5. The summed E-state index contributed by atoms with van der Waals surface area (Å²) in [4.78, 5) is 11.0. The van der Waals surface area contributed by atoms with Crippen LogP contribution in [0.15, 0.2) is 42.7 Å². The van der Waals surface area contributed by atoms with Gasteiger partial charge in [-0.2, -0.15) is 0 Å². The van der Waals surface area contributed by atoms with Gasteiger partial charge in [-0.15, -0.1) is 0 Å². The lowest BCUT2D eigenvalue weighted by molar-refractivity contribution is 0.353. The molecule has 2 heterocycles. The molecule has 0 spiro atoms. The van der Waals surface area contributed by atoms with Gasteiger partial charge in [0.05, 0.1) is 14.2 Å². The first-order valence-electron chi connectivity index (χ1n) is 10.8. The van der Waals surface area contributed by atoms with Crippen LogP contribution < -0.4 is 25.0 Å². The number of hydrogen-bond acceptors (Lipinski definition) is 7. The highest BCUT2D eigenvalue weighted by molar-refractivity contribution is 5.59. The number of piperazine rings is 1. The number of nitrogens with one attached hydrogen (secondary N) is 2. The number of halogens is 2. The van der Waals surface area contributed by atoms with Gasteiger partial charge in [-0.1, -0.05) is 0 Å². The Labute approximate surface area is 191 Å². The predicted molar refractivity (Wildman–Crippen MR) is 124 cm³/mol. The van der Waals surface area contributed by atoms with Crippen LogP contribution in [-0.2, 0) is 12.8 Å². The van der Waals surface area contributed by atoms with E-state index in [1.54, 1.807) is 12.4 Å². The Morgan fingerprint density at radius 1 is 0.939 bits per heavy atom. The second-order valence-electron chi connectivity index (χ2n) is 7.71. The fourth-order valence-electron chi connectivity index (χ4n) is 3.78. The van der Waals surface area contributed by atoms with E-state index < -0.39 is 11.6 Å². The molecule has 1 aromatic heterocycles.